The molecule has 0 aliphatic rings. The Morgan fingerprint density at radius 1 is 1.00 bits per heavy atom. The predicted molar refractivity (Wildman–Crippen MR) is 136 cm³/mol. The number of nitrogens with zero attached hydrogens (tertiary/aromatic N) is 2. The molecule has 2 rings (SSSR count). The highest BCUT2D eigenvalue weighted by atomic mass is 127. The van der Waals surface area contributed by atoms with Gasteiger partial charge in [0.05, 0.1) is 6.61 Å². The summed E-state index contributed by atoms with van der Waals surface area (Å²) in [5.74, 6) is 2.66. The van der Waals surface area contributed by atoms with Crippen LogP contribution in [0.25, 0.3) is 0 Å². The highest BCUT2D eigenvalue weighted by molar-refractivity contribution is 14.0. The first-order chi connectivity index (χ1) is 14.8. The van der Waals surface area contributed by atoms with E-state index in [9.17, 15) is 0 Å². The fourth-order valence-corrected chi connectivity index (χ4v) is 2.70. The van der Waals surface area contributed by atoms with E-state index in [1.165, 1.54) is 0 Å². The number of benzene rings is 1. The molecule has 0 fully saturated rings. The third kappa shape index (κ3) is 10.2. The summed E-state index contributed by atoms with van der Waals surface area (Å²) in [6.07, 6.45) is 4.71. The van der Waals surface area contributed by atoms with Crippen LogP contribution in [0.5, 0.6) is 17.4 Å². The van der Waals surface area contributed by atoms with Crippen molar-refractivity contribution in [3.8, 4) is 17.4 Å². The van der Waals surface area contributed by atoms with E-state index < -0.39 is 0 Å². The molecule has 0 saturated heterocycles. The molecule has 0 aliphatic heterocycles. The minimum Gasteiger partial charge on any atom is -0.490 e. The molecule has 0 aliphatic carbocycles. The van der Waals surface area contributed by atoms with Gasteiger partial charge in [-0.15, -0.1) is 24.0 Å². The van der Waals surface area contributed by atoms with Crippen LogP contribution in [0.2, 0.25) is 0 Å². The van der Waals surface area contributed by atoms with Crippen molar-refractivity contribution >= 4 is 29.9 Å². The number of ether oxygens (including phenoxy) is 3. The third-order valence-electron chi connectivity index (χ3n) is 4.25. The van der Waals surface area contributed by atoms with Crippen molar-refractivity contribution in [3.63, 3.8) is 0 Å². The second-order valence-corrected chi connectivity index (χ2v) is 6.62. The Hall–Kier alpha value is -2.07. The molecule has 0 bridgehead atoms. The van der Waals surface area contributed by atoms with Gasteiger partial charge in [0.25, 0.3) is 0 Å². The van der Waals surface area contributed by atoms with Crippen molar-refractivity contribution in [2.75, 3.05) is 33.4 Å². The molecule has 0 spiro atoms. The fourth-order valence-electron chi connectivity index (χ4n) is 2.70. The fraction of sp³-hybridized carbons (Fsp3) is 0.478. The molecule has 0 radical (unpaired) electrons. The summed E-state index contributed by atoms with van der Waals surface area (Å²) in [4.78, 5) is 8.69. The summed E-state index contributed by atoms with van der Waals surface area (Å²) in [6.45, 7) is 7.67. The molecule has 1 aromatic heterocycles. The molecule has 2 N–H and O–H groups in total. The largest absolute Gasteiger partial charge is 0.490 e. The van der Waals surface area contributed by atoms with Crippen molar-refractivity contribution in [3.05, 3.63) is 48.2 Å². The lowest BCUT2D eigenvalue weighted by molar-refractivity contribution is 0.143. The van der Waals surface area contributed by atoms with Crippen molar-refractivity contribution in [1.29, 1.82) is 0 Å². The van der Waals surface area contributed by atoms with Gasteiger partial charge in [-0.2, -0.15) is 0 Å². The number of hydrogen-bond donors (Lipinski definition) is 2. The second kappa shape index (κ2) is 16.6. The van der Waals surface area contributed by atoms with Crippen LogP contribution in [-0.4, -0.2) is 44.4 Å². The van der Waals surface area contributed by atoms with E-state index in [2.05, 4.69) is 27.5 Å². The van der Waals surface area contributed by atoms with E-state index in [1.54, 1.807) is 13.2 Å². The van der Waals surface area contributed by atoms with Crippen LogP contribution in [-0.2, 0) is 11.3 Å². The number of nitrogens with one attached hydrogen (secondary N) is 2. The lowest BCUT2D eigenvalue weighted by atomic mass is 10.2. The summed E-state index contributed by atoms with van der Waals surface area (Å²) in [6, 6.07) is 11.5. The first-order valence-corrected chi connectivity index (χ1v) is 10.6. The van der Waals surface area contributed by atoms with E-state index in [1.807, 2.05) is 43.3 Å². The first-order valence-electron chi connectivity index (χ1n) is 10.6. The summed E-state index contributed by atoms with van der Waals surface area (Å²) >= 11 is 0. The normalized spacial score (nSPS) is 10.9. The Morgan fingerprint density at radius 2 is 1.81 bits per heavy atom. The Labute approximate surface area is 203 Å². The Bertz CT molecular complexity index is 774. The van der Waals surface area contributed by atoms with Gasteiger partial charge in [-0.3, -0.25) is 4.99 Å². The van der Waals surface area contributed by atoms with Crippen LogP contribution in [0.4, 0.5) is 0 Å². The number of unbranched alkanes of at least 4 members (excludes halogenated alkanes) is 1. The van der Waals surface area contributed by atoms with Gasteiger partial charge in [0.2, 0.25) is 5.88 Å². The average molecular weight is 542 g/mol. The molecular formula is C23H35IN4O3. The highest BCUT2D eigenvalue weighted by Gasteiger charge is 2.11. The zero-order valence-corrected chi connectivity index (χ0v) is 21.1. The molecule has 2 aromatic rings. The highest BCUT2D eigenvalue weighted by Crippen LogP contribution is 2.31. The smallest absolute Gasteiger partial charge is 0.224 e. The Morgan fingerprint density at radius 3 is 2.55 bits per heavy atom. The zero-order chi connectivity index (χ0) is 21.4. The summed E-state index contributed by atoms with van der Waals surface area (Å²) in [5, 5.41) is 6.64. The molecule has 31 heavy (non-hydrogen) atoms. The Balaban J connectivity index is 0.00000480. The van der Waals surface area contributed by atoms with Gasteiger partial charge < -0.3 is 24.8 Å². The van der Waals surface area contributed by atoms with Gasteiger partial charge in [-0.1, -0.05) is 25.1 Å². The number of rotatable bonds is 13. The SMILES string of the molecule is CCCOc1ccccc1Oc1ncccc1CNC(=NC)NCCCCOCC.I. The van der Waals surface area contributed by atoms with E-state index in [4.69, 9.17) is 14.2 Å². The van der Waals surface area contributed by atoms with Gasteiger partial charge >= 0.3 is 0 Å². The third-order valence-corrected chi connectivity index (χ3v) is 4.25. The molecule has 172 valence electrons. The number of aliphatic imine (C=N–C) groups is 1. The number of guanidine groups is 1. The minimum atomic E-state index is 0. The van der Waals surface area contributed by atoms with Crippen LogP contribution in [0.3, 0.4) is 0 Å². The second-order valence-electron chi connectivity index (χ2n) is 6.62. The molecule has 8 heteroatoms. The Kier molecular flexibility index (Phi) is 14.4. The quantitative estimate of drug-likeness (QED) is 0.165. The first kappa shape index (κ1) is 27.0. The minimum absolute atomic E-state index is 0. The van der Waals surface area contributed by atoms with Gasteiger partial charge in [-0.25, -0.2) is 4.98 Å². The van der Waals surface area contributed by atoms with E-state index in [0.29, 0.717) is 30.5 Å². The van der Waals surface area contributed by atoms with Crippen LogP contribution in [0, 0.1) is 0 Å². The van der Waals surface area contributed by atoms with Gasteiger partial charge in [0.1, 0.15) is 0 Å². The monoisotopic (exact) mass is 542 g/mol. The molecule has 0 unspecified atom stereocenters. The van der Waals surface area contributed by atoms with Crippen molar-refractivity contribution < 1.29 is 14.2 Å². The predicted octanol–water partition coefficient (Wildman–Crippen LogP) is 4.76. The number of pyridine rings is 1. The molecule has 0 atom stereocenters. The van der Waals surface area contributed by atoms with Crippen molar-refractivity contribution in [2.24, 2.45) is 4.99 Å². The van der Waals surface area contributed by atoms with Crippen LogP contribution in [0.15, 0.2) is 47.6 Å². The molecule has 0 saturated carbocycles. The lowest BCUT2D eigenvalue weighted by Gasteiger charge is -2.15. The van der Waals surface area contributed by atoms with E-state index >= 15 is 0 Å². The lowest BCUT2D eigenvalue weighted by Crippen LogP contribution is -2.37. The summed E-state index contributed by atoms with van der Waals surface area (Å²) in [7, 11) is 1.76. The van der Waals surface area contributed by atoms with Crippen LogP contribution < -0.4 is 20.1 Å². The molecule has 0 amide bonds. The summed E-state index contributed by atoms with van der Waals surface area (Å²) in [5.41, 5.74) is 0.932. The molecule has 7 nitrogen and oxygen atoms in total. The van der Waals surface area contributed by atoms with Gasteiger partial charge in [0, 0.05) is 45.1 Å². The van der Waals surface area contributed by atoms with E-state index in [-0.39, 0.29) is 24.0 Å². The average Bonchev–Trinajstić information content (AvgIpc) is 2.78. The van der Waals surface area contributed by atoms with Crippen molar-refractivity contribution in [1.82, 2.24) is 15.6 Å². The van der Waals surface area contributed by atoms with Crippen molar-refractivity contribution in [2.45, 2.75) is 39.7 Å². The number of hydrogen-bond acceptors (Lipinski definition) is 5. The topological polar surface area (TPSA) is 77.0 Å². The zero-order valence-electron chi connectivity index (χ0n) is 18.7. The molecule has 1 aromatic carbocycles. The summed E-state index contributed by atoms with van der Waals surface area (Å²) < 4.78 is 17.2. The molecule has 1 heterocycles. The molecular weight excluding hydrogens is 507 g/mol. The number of para-hydroxylation sites is 2. The number of halogens is 1. The van der Waals surface area contributed by atoms with Crippen LogP contribution in [0.1, 0.15) is 38.7 Å². The maximum Gasteiger partial charge on any atom is 0.224 e. The number of aromatic nitrogens is 1. The standard InChI is InChI=1S/C23H34N4O3.HI/c1-4-16-29-20-12-6-7-13-21(20)30-22-19(11-10-15-25-22)18-27-23(24-3)26-14-8-9-17-28-5-2;/h6-7,10-13,15H,4-5,8-9,14,16-18H2,1-3H3,(H2,24,26,27);1H. The van der Waals surface area contributed by atoms with Gasteiger partial charge in [-0.05, 0) is 44.4 Å². The van der Waals surface area contributed by atoms with E-state index in [0.717, 1.165) is 50.5 Å². The van der Waals surface area contributed by atoms with Gasteiger partial charge in [0.15, 0.2) is 17.5 Å². The maximum absolute atomic E-state index is 6.09. The van der Waals surface area contributed by atoms with Crippen LogP contribution >= 0.6 is 24.0 Å². The maximum atomic E-state index is 6.09.